The van der Waals surface area contributed by atoms with Gasteiger partial charge in [-0.15, -0.1) is 24.0 Å². The summed E-state index contributed by atoms with van der Waals surface area (Å²) in [6.07, 6.45) is 0.346. The van der Waals surface area contributed by atoms with Crippen molar-refractivity contribution in [3.63, 3.8) is 0 Å². The van der Waals surface area contributed by atoms with Crippen LogP contribution in [0.5, 0.6) is 0 Å². The summed E-state index contributed by atoms with van der Waals surface area (Å²) >= 11 is 5.62. The van der Waals surface area contributed by atoms with E-state index < -0.39 is 0 Å². The van der Waals surface area contributed by atoms with Crippen LogP contribution in [0.1, 0.15) is 10.6 Å². The average Bonchev–Trinajstić information content (AvgIpc) is 2.58. The number of nitrogens with one attached hydrogen (secondary N) is 1. The molecule has 0 aliphatic heterocycles. The minimum atomic E-state index is -0.0312. The number of carbonyl (C=O) groups is 1. The highest BCUT2D eigenvalue weighted by Gasteiger charge is 2.10. The van der Waals surface area contributed by atoms with Crippen LogP contribution in [0.2, 0.25) is 0 Å². The molecule has 0 bridgehead atoms. The summed E-state index contributed by atoms with van der Waals surface area (Å²) in [4.78, 5) is 16.9. The molecule has 3 nitrogen and oxygen atoms in total. The van der Waals surface area contributed by atoms with E-state index in [-0.39, 0.29) is 5.91 Å². The van der Waals surface area contributed by atoms with Crippen molar-refractivity contribution >= 4 is 35.6 Å². The number of thiol groups is 1. The predicted molar refractivity (Wildman–Crippen MR) is 72.9 cm³/mol. The average molecular weight is 264 g/mol. The molecule has 1 aromatic carbocycles. The van der Waals surface area contributed by atoms with Crippen molar-refractivity contribution in [1.29, 1.82) is 0 Å². The third-order valence-electron chi connectivity index (χ3n) is 2.26. The van der Waals surface area contributed by atoms with Gasteiger partial charge in [-0.1, -0.05) is 18.2 Å². The summed E-state index contributed by atoms with van der Waals surface area (Å²) in [5, 5.41) is 2.84. The summed E-state index contributed by atoms with van der Waals surface area (Å²) in [6, 6.07) is 9.41. The first-order chi connectivity index (χ1) is 8.15. The lowest BCUT2D eigenvalue weighted by Gasteiger charge is -2.03. The number of amides is 1. The van der Waals surface area contributed by atoms with Gasteiger partial charge in [0.05, 0.1) is 12.1 Å². The second-order valence-electron chi connectivity index (χ2n) is 3.60. The Balaban J connectivity index is 2.01. The van der Waals surface area contributed by atoms with Crippen LogP contribution in [0.25, 0.3) is 0 Å². The van der Waals surface area contributed by atoms with Gasteiger partial charge in [0.25, 0.3) is 0 Å². The lowest BCUT2D eigenvalue weighted by atomic mass is 10.2. The molecule has 88 valence electrons. The fourth-order valence-corrected chi connectivity index (χ4v) is 2.73. The molecular weight excluding hydrogens is 252 g/mol. The number of nitrogens with zero attached hydrogens (tertiary/aromatic N) is 1. The summed E-state index contributed by atoms with van der Waals surface area (Å²) < 4.78 is 0.699. The molecule has 1 heterocycles. The molecule has 0 unspecified atom stereocenters. The van der Waals surface area contributed by atoms with Crippen LogP contribution in [0.4, 0.5) is 5.69 Å². The zero-order chi connectivity index (χ0) is 12.3. The standard InChI is InChI=1S/C12H12N2OS2/c1-8-10(17-12(16)13-8)7-11(15)14-9-5-3-2-4-6-9/h2-6H,7H2,1H3,(H,13,16)(H,14,15). The summed E-state index contributed by atoms with van der Waals surface area (Å²) in [6.45, 7) is 1.89. The number of rotatable bonds is 3. The van der Waals surface area contributed by atoms with Crippen LogP contribution in [-0.4, -0.2) is 10.9 Å². The van der Waals surface area contributed by atoms with Gasteiger partial charge in [-0.3, -0.25) is 4.79 Å². The van der Waals surface area contributed by atoms with Crippen molar-refractivity contribution in [3.05, 3.63) is 40.9 Å². The number of anilines is 1. The maximum atomic E-state index is 11.8. The van der Waals surface area contributed by atoms with E-state index in [1.165, 1.54) is 11.3 Å². The molecule has 1 amide bonds. The minimum absolute atomic E-state index is 0.0312. The lowest BCUT2D eigenvalue weighted by molar-refractivity contribution is -0.115. The van der Waals surface area contributed by atoms with E-state index in [1.807, 2.05) is 37.3 Å². The zero-order valence-corrected chi connectivity index (χ0v) is 11.0. The summed E-state index contributed by atoms with van der Waals surface area (Å²) in [5.41, 5.74) is 1.69. The van der Waals surface area contributed by atoms with Crippen molar-refractivity contribution in [2.45, 2.75) is 17.7 Å². The van der Waals surface area contributed by atoms with Crippen LogP contribution in [0.15, 0.2) is 34.7 Å². The second-order valence-corrected chi connectivity index (χ2v) is 5.41. The maximum Gasteiger partial charge on any atom is 0.229 e. The first kappa shape index (κ1) is 12.1. The Kier molecular flexibility index (Phi) is 3.81. The molecular formula is C12H12N2OS2. The van der Waals surface area contributed by atoms with E-state index in [0.29, 0.717) is 10.8 Å². The number of benzene rings is 1. The number of carbonyl (C=O) groups excluding carboxylic acids is 1. The molecule has 0 saturated carbocycles. The molecule has 0 spiro atoms. The number of aromatic nitrogens is 1. The van der Waals surface area contributed by atoms with Gasteiger partial charge >= 0.3 is 0 Å². The van der Waals surface area contributed by atoms with Crippen molar-refractivity contribution in [1.82, 2.24) is 4.98 Å². The van der Waals surface area contributed by atoms with Crippen LogP contribution in [0, 0.1) is 6.92 Å². The number of hydrogen-bond donors (Lipinski definition) is 2. The summed E-state index contributed by atoms with van der Waals surface area (Å²) in [5.74, 6) is -0.0312. The minimum Gasteiger partial charge on any atom is -0.326 e. The topological polar surface area (TPSA) is 42.0 Å². The molecule has 1 N–H and O–H groups in total. The number of thiazole rings is 1. The van der Waals surface area contributed by atoms with Gasteiger partial charge in [-0.25, -0.2) is 4.98 Å². The van der Waals surface area contributed by atoms with Gasteiger partial charge in [-0.2, -0.15) is 0 Å². The number of hydrogen-bond acceptors (Lipinski definition) is 4. The van der Waals surface area contributed by atoms with E-state index in [2.05, 4.69) is 22.9 Å². The van der Waals surface area contributed by atoms with Crippen molar-refractivity contribution in [3.8, 4) is 0 Å². The van der Waals surface area contributed by atoms with E-state index in [1.54, 1.807) is 0 Å². The highest BCUT2D eigenvalue weighted by molar-refractivity contribution is 7.82. The van der Waals surface area contributed by atoms with Gasteiger partial charge in [-0.05, 0) is 19.1 Å². The van der Waals surface area contributed by atoms with Crippen LogP contribution in [0.3, 0.4) is 0 Å². The fraction of sp³-hybridized carbons (Fsp3) is 0.167. The Labute approximate surface area is 109 Å². The quantitative estimate of drug-likeness (QED) is 0.837. The third-order valence-corrected chi connectivity index (χ3v) is 3.59. The smallest absolute Gasteiger partial charge is 0.229 e. The van der Waals surface area contributed by atoms with Crippen molar-refractivity contribution in [2.75, 3.05) is 5.32 Å². The molecule has 0 atom stereocenters. The summed E-state index contributed by atoms with van der Waals surface area (Å²) in [7, 11) is 0. The Hall–Kier alpha value is -1.33. The largest absolute Gasteiger partial charge is 0.326 e. The number of aryl methyl sites for hydroxylation is 1. The monoisotopic (exact) mass is 264 g/mol. The highest BCUT2D eigenvalue weighted by atomic mass is 32.2. The van der Waals surface area contributed by atoms with Gasteiger partial charge in [0.2, 0.25) is 5.91 Å². The predicted octanol–water partition coefficient (Wildman–Crippen LogP) is 2.92. The van der Waals surface area contributed by atoms with Crippen LogP contribution >= 0.6 is 24.0 Å². The van der Waals surface area contributed by atoms with E-state index in [9.17, 15) is 4.79 Å². The molecule has 2 aromatic rings. The first-order valence-corrected chi connectivity index (χ1v) is 6.41. The van der Waals surface area contributed by atoms with Crippen LogP contribution < -0.4 is 5.32 Å². The Morgan fingerprint density at radius 2 is 2.12 bits per heavy atom. The molecule has 0 aliphatic carbocycles. The van der Waals surface area contributed by atoms with Crippen molar-refractivity contribution in [2.24, 2.45) is 0 Å². The Bertz CT molecular complexity index is 523. The molecule has 0 aliphatic rings. The molecule has 0 radical (unpaired) electrons. The fourth-order valence-electron chi connectivity index (χ4n) is 1.45. The van der Waals surface area contributed by atoms with Gasteiger partial charge < -0.3 is 5.32 Å². The van der Waals surface area contributed by atoms with E-state index in [0.717, 1.165) is 16.3 Å². The molecule has 17 heavy (non-hydrogen) atoms. The first-order valence-electron chi connectivity index (χ1n) is 5.15. The number of para-hydroxylation sites is 1. The molecule has 2 rings (SSSR count). The third kappa shape index (κ3) is 3.31. The van der Waals surface area contributed by atoms with E-state index in [4.69, 9.17) is 0 Å². The van der Waals surface area contributed by atoms with Gasteiger partial charge in [0.1, 0.15) is 4.34 Å². The van der Waals surface area contributed by atoms with Crippen LogP contribution in [-0.2, 0) is 11.2 Å². The Morgan fingerprint density at radius 3 is 2.71 bits per heavy atom. The highest BCUT2D eigenvalue weighted by Crippen LogP contribution is 2.21. The van der Waals surface area contributed by atoms with Crippen molar-refractivity contribution < 1.29 is 4.79 Å². The lowest BCUT2D eigenvalue weighted by Crippen LogP contribution is -2.14. The normalized spacial score (nSPS) is 10.2. The molecule has 1 aromatic heterocycles. The SMILES string of the molecule is Cc1nc(S)sc1CC(=O)Nc1ccccc1. The Morgan fingerprint density at radius 1 is 1.41 bits per heavy atom. The molecule has 0 fully saturated rings. The second kappa shape index (κ2) is 5.33. The molecule has 0 saturated heterocycles. The zero-order valence-electron chi connectivity index (χ0n) is 9.30. The van der Waals surface area contributed by atoms with Gasteiger partial charge in [0, 0.05) is 10.6 Å². The van der Waals surface area contributed by atoms with Gasteiger partial charge in [0.15, 0.2) is 0 Å². The molecule has 5 heteroatoms. The maximum absolute atomic E-state index is 11.8. The van der Waals surface area contributed by atoms with E-state index >= 15 is 0 Å².